The summed E-state index contributed by atoms with van der Waals surface area (Å²) in [6.07, 6.45) is 1.06. The molecule has 0 saturated heterocycles. The highest BCUT2D eigenvalue weighted by Crippen LogP contribution is 2.28. The Hall–Kier alpha value is -2.32. The van der Waals surface area contributed by atoms with Crippen LogP contribution in [0.4, 0.5) is 0 Å². The average Bonchev–Trinajstić information content (AvgIpc) is 2.85. The minimum atomic E-state index is -3.81. The number of phenolic OH excluding ortho intramolecular Hbond substituents is 1. The van der Waals surface area contributed by atoms with Crippen LogP contribution < -0.4 is 0 Å². The van der Waals surface area contributed by atoms with Crippen molar-refractivity contribution < 1.29 is 27.8 Å². The standard InChI is InChI=1S/C15H17NO6S/c1-9-4-12(17)5-10(2)14(9)23(20,21)16(3)7-13-6-11(8-22-13)15(18)19/h4-6,8,17H,7H2,1-3H3,(H,18,19). The molecule has 0 fully saturated rings. The van der Waals surface area contributed by atoms with Crippen LogP contribution in [0.15, 0.2) is 33.8 Å². The van der Waals surface area contributed by atoms with Crippen molar-refractivity contribution in [1.29, 1.82) is 0 Å². The van der Waals surface area contributed by atoms with Crippen LogP contribution >= 0.6 is 0 Å². The van der Waals surface area contributed by atoms with Gasteiger partial charge in [-0.15, -0.1) is 0 Å². The van der Waals surface area contributed by atoms with E-state index in [4.69, 9.17) is 9.52 Å². The van der Waals surface area contributed by atoms with Crippen LogP contribution in [0, 0.1) is 13.8 Å². The summed E-state index contributed by atoms with van der Waals surface area (Å²) in [4.78, 5) is 10.9. The van der Waals surface area contributed by atoms with Crippen molar-refractivity contribution in [3.8, 4) is 5.75 Å². The number of carbonyl (C=O) groups is 1. The number of hydrogen-bond acceptors (Lipinski definition) is 5. The van der Waals surface area contributed by atoms with Gasteiger partial charge in [0.2, 0.25) is 10.0 Å². The van der Waals surface area contributed by atoms with Gasteiger partial charge < -0.3 is 14.6 Å². The number of aryl methyl sites for hydroxylation is 2. The predicted molar refractivity (Wildman–Crippen MR) is 81.9 cm³/mol. The van der Waals surface area contributed by atoms with Crippen molar-refractivity contribution in [3.05, 3.63) is 46.9 Å². The third-order valence-corrected chi connectivity index (χ3v) is 5.50. The summed E-state index contributed by atoms with van der Waals surface area (Å²) < 4.78 is 31.6. The summed E-state index contributed by atoms with van der Waals surface area (Å²) >= 11 is 0. The first-order valence-electron chi connectivity index (χ1n) is 6.70. The Kier molecular flexibility index (Phi) is 4.49. The second-order valence-corrected chi connectivity index (χ2v) is 7.26. The molecule has 0 radical (unpaired) electrons. The zero-order valence-electron chi connectivity index (χ0n) is 12.9. The minimum Gasteiger partial charge on any atom is -0.508 e. The van der Waals surface area contributed by atoms with Gasteiger partial charge in [0.15, 0.2) is 0 Å². The second-order valence-electron chi connectivity index (χ2n) is 5.28. The molecule has 1 heterocycles. The third-order valence-electron chi connectivity index (χ3n) is 3.39. The fraction of sp³-hybridized carbons (Fsp3) is 0.267. The molecule has 0 saturated carbocycles. The highest BCUT2D eigenvalue weighted by atomic mass is 32.2. The Morgan fingerprint density at radius 3 is 2.26 bits per heavy atom. The van der Waals surface area contributed by atoms with Crippen molar-refractivity contribution in [2.45, 2.75) is 25.3 Å². The molecule has 2 aromatic rings. The van der Waals surface area contributed by atoms with Gasteiger partial charge >= 0.3 is 5.97 Å². The molecular formula is C15H17NO6S. The largest absolute Gasteiger partial charge is 0.508 e. The van der Waals surface area contributed by atoms with Crippen LogP contribution in [0.2, 0.25) is 0 Å². The van der Waals surface area contributed by atoms with E-state index in [1.54, 1.807) is 13.8 Å². The molecule has 0 amide bonds. The highest BCUT2D eigenvalue weighted by molar-refractivity contribution is 7.89. The highest BCUT2D eigenvalue weighted by Gasteiger charge is 2.26. The quantitative estimate of drug-likeness (QED) is 0.864. The molecule has 2 N–H and O–H groups in total. The molecule has 8 heteroatoms. The molecule has 0 atom stereocenters. The number of benzene rings is 1. The monoisotopic (exact) mass is 339 g/mol. The SMILES string of the molecule is Cc1cc(O)cc(C)c1S(=O)(=O)N(C)Cc1cc(C(=O)O)co1. The molecule has 1 aromatic carbocycles. The molecule has 0 bridgehead atoms. The first-order valence-corrected chi connectivity index (χ1v) is 8.14. The molecule has 0 aliphatic rings. The molecule has 23 heavy (non-hydrogen) atoms. The maximum Gasteiger partial charge on any atom is 0.338 e. The lowest BCUT2D eigenvalue weighted by Crippen LogP contribution is -2.27. The van der Waals surface area contributed by atoms with Crippen molar-refractivity contribution in [1.82, 2.24) is 4.31 Å². The van der Waals surface area contributed by atoms with E-state index >= 15 is 0 Å². The summed E-state index contributed by atoms with van der Waals surface area (Å²) in [7, 11) is -2.43. The van der Waals surface area contributed by atoms with E-state index in [0.29, 0.717) is 11.1 Å². The number of sulfonamides is 1. The van der Waals surface area contributed by atoms with Crippen molar-refractivity contribution in [3.63, 3.8) is 0 Å². The van der Waals surface area contributed by atoms with Crippen LogP contribution in [0.3, 0.4) is 0 Å². The summed E-state index contributed by atoms with van der Waals surface area (Å²) in [5, 5.41) is 18.4. The zero-order chi connectivity index (χ0) is 17.4. The molecule has 7 nitrogen and oxygen atoms in total. The Morgan fingerprint density at radius 1 is 1.22 bits per heavy atom. The van der Waals surface area contributed by atoms with Gasteiger partial charge in [0.1, 0.15) is 17.8 Å². The van der Waals surface area contributed by atoms with E-state index in [1.807, 2.05) is 0 Å². The Balaban J connectivity index is 2.34. The smallest absolute Gasteiger partial charge is 0.338 e. The fourth-order valence-corrected chi connectivity index (χ4v) is 3.91. The van der Waals surface area contributed by atoms with Crippen LogP contribution in [0.5, 0.6) is 5.75 Å². The lowest BCUT2D eigenvalue weighted by Gasteiger charge is -2.19. The zero-order valence-corrected chi connectivity index (χ0v) is 13.7. The van der Waals surface area contributed by atoms with E-state index in [1.165, 1.54) is 25.2 Å². The maximum atomic E-state index is 12.7. The Labute approximate surface area is 133 Å². The average molecular weight is 339 g/mol. The second kappa shape index (κ2) is 6.05. The number of aromatic hydroxyl groups is 1. The summed E-state index contributed by atoms with van der Waals surface area (Å²) in [5.41, 5.74) is 0.822. The topological polar surface area (TPSA) is 108 Å². The predicted octanol–water partition coefficient (Wildman–Crippen LogP) is 2.12. The number of aromatic carboxylic acids is 1. The number of phenols is 1. The number of furan rings is 1. The van der Waals surface area contributed by atoms with Gasteiger partial charge in [-0.25, -0.2) is 13.2 Å². The van der Waals surface area contributed by atoms with Crippen molar-refractivity contribution in [2.24, 2.45) is 0 Å². The summed E-state index contributed by atoms with van der Waals surface area (Å²) in [6, 6.07) is 4.04. The van der Waals surface area contributed by atoms with Crippen LogP contribution in [-0.4, -0.2) is 36.0 Å². The lowest BCUT2D eigenvalue weighted by molar-refractivity contribution is 0.0696. The first-order chi connectivity index (χ1) is 10.6. The molecule has 124 valence electrons. The number of carboxylic acid groups (broad SMARTS) is 1. The minimum absolute atomic E-state index is 0.00117. The third kappa shape index (κ3) is 3.38. The van der Waals surface area contributed by atoms with Crippen molar-refractivity contribution in [2.75, 3.05) is 7.05 Å². The van der Waals surface area contributed by atoms with Gasteiger partial charge in [-0.2, -0.15) is 4.31 Å². The van der Waals surface area contributed by atoms with E-state index in [0.717, 1.165) is 10.6 Å². The van der Waals surface area contributed by atoms with E-state index in [2.05, 4.69) is 0 Å². The molecule has 0 spiro atoms. The number of carboxylic acids is 1. The van der Waals surface area contributed by atoms with Gasteiger partial charge in [-0.1, -0.05) is 0 Å². The number of rotatable bonds is 5. The van der Waals surface area contributed by atoms with Gasteiger partial charge in [-0.05, 0) is 43.2 Å². The van der Waals surface area contributed by atoms with Crippen molar-refractivity contribution >= 4 is 16.0 Å². The Morgan fingerprint density at radius 2 is 1.78 bits per heavy atom. The number of nitrogens with zero attached hydrogens (tertiary/aromatic N) is 1. The summed E-state index contributed by atoms with van der Waals surface area (Å²) in [6.45, 7) is 3.10. The van der Waals surface area contributed by atoms with E-state index in [-0.39, 0.29) is 28.5 Å². The van der Waals surface area contributed by atoms with Gasteiger partial charge in [0, 0.05) is 7.05 Å². The first kappa shape index (κ1) is 17.0. The van der Waals surface area contributed by atoms with Gasteiger partial charge in [0.05, 0.1) is 17.0 Å². The van der Waals surface area contributed by atoms with E-state index < -0.39 is 16.0 Å². The normalized spacial score (nSPS) is 11.8. The lowest BCUT2D eigenvalue weighted by atomic mass is 10.1. The van der Waals surface area contributed by atoms with Crippen LogP contribution in [0.25, 0.3) is 0 Å². The van der Waals surface area contributed by atoms with Gasteiger partial charge in [-0.3, -0.25) is 0 Å². The van der Waals surface area contributed by atoms with Crippen LogP contribution in [-0.2, 0) is 16.6 Å². The van der Waals surface area contributed by atoms with E-state index in [9.17, 15) is 18.3 Å². The fourth-order valence-electron chi connectivity index (χ4n) is 2.37. The molecular weight excluding hydrogens is 322 g/mol. The summed E-state index contributed by atoms with van der Waals surface area (Å²) in [5.74, 6) is -0.919. The van der Waals surface area contributed by atoms with Gasteiger partial charge in [0.25, 0.3) is 0 Å². The maximum absolute atomic E-state index is 12.7. The number of hydrogen-bond donors (Lipinski definition) is 2. The molecule has 2 rings (SSSR count). The molecule has 0 unspecified atom stereocenters. The molecule has 0 aliphatic carbocycles. The van der Waals surface area contributed by atoms with Crippen LogP contribution in [0.1, 0.15) is 27.2 Å². The Bertz CT molecular complexity index is 830. The molecule has 1 aromatic heterocycles. The molecule has 0 aliphatic heterocycles.